The molecule has 1 saturated carbocycles. The van der Waals surface area contributed by atoms with Gasteiger partial charge in [0.2, 0.25) is 5.91 Å². The molecule has 2 atom stereocenters. The van der Waals surface area contributed by atoms with Crippen LogP contribution < -0.4 is 0 Å². The predicted octanol–water partition coefficient (Wildman–Crippen LogP) is 5.47. The molecule has 1 aliphatic carbocycles. The number of rotatable bonds is 7. The van der Waals surface area contributed by atoms with Gasteiger partial charge in [-0.15, -0.1) is 0 Å². The minimum absolute atomic E-state index is 0.0575. The summed E-state index contributed by atoms with van der Waals surface area (Å²) in [5.41, 5.74) is 3.60. The number of carbonyl (C=O) groups is 1. The normalized spacial score (nSPS) is 25.4. The molecule has 0 unspecified atom stereocenters. The number of phenolic OH excluding ortho intramolecular Hbond substituents is 1. The van der Waals surface area contributed by atoms with Gasteiger partial charge in [0, 0.05) is 43.4 Å². The maximum absolute atomic E-state index is 14.0. The molecule has 188 valence electrons. The molecular weight excluding hydrogens is 460 g/mol. The third kappa shape index (κ3) is 5.68. The molecule has 35 heavy (non-hydrogen) atoms. The van der Waals surface area contributed by atoms with Gasteiger partial charge >= 0.3 is 0 Å². The highest BCUT2D eigenvalue weighted by molar-refractivity contribution is 6.30. The molecule has 0 radical (unpaired) electrons. The molecule has 2 saturated heterocycles. The molecule has 2 heterocycles. The quantitative estimate of drug-likeness (QED) is 0.552. The fourth-order valence-electron chi connectivity index (χ4n) is 6.02. The lowest BCUT2D eigenvalue weighted by Gasteiger charge is -2.49. The molecule has 1 spiro atoms. The Balaban J connectivity index is 1.37. The highest BCUT2D eigenvalue weighted by Crippen LogP contribution is 2.42. The van der Waals surface area contributed by atoms with E-state index in [0.717, 1.165) is 54.7 Å². The first-order valence-corrected chi connectivity index (χ1v) is 13.4. The summed E-state index contributed by atoms with van der Waals surface area (Å²) in [6.07, 6.45) is 5.21. The van der Waals surface area contributed by atoms with E-state index < -0.39 is 5.41 Å². The molecule has 0 bridgehead atoms. The zero-order valence-corrected chi connectivity index (χ0v) is 21.7. The minimum Gasteiger partial charge on any atom is -0.507 e. The van der Waals surface area contributed by atoms with Gasteiger partial charge in [-0.05, 0) is 81.7 Å². The van der Waals surface area contributed by atoms with Gasteiger partial charge in [0.05, 0.1) is 11.5 Å². The standard InChI is InChI=1S/C29H37ClN2O3/c1-20-11-21(2)27(33)24(12-20)16-31-10-4-9-29(19-31)14-26(35-18-22-7-8-22)17-32(28(29)34)15-23-5-3-6-25(30)13-23/h3,5-6,11-13,22,26,33H,4,7-10,14-19H2,1-2H3/t26-,29-/m0/s1. The number of likely N-dealkylation sites (tertiary alicyclic amines) is 2. The highest BCUT2D eigenvalue weighted by atomic mass is 35.5. The van der Waals surface area contributed by atoms with E-state index in [0.29, 0.717) is 42.9 Å². The molecule has 5 rings (SSSR count). The number of halogens is 1. The van der Waals surface area contributed by atoms with Crippen LogP contribution in [0.2, 0.25) is 5.02 Å². The Bertz CT molecular complexity index is 1090. The zero-order chi connectivity index (χ0) is 24.6. The van der Waals surface area contributed by atoms with Crippen LogP contribution in [0.3, 0.4) is 0 Å². The monoisotopic (exact) mass is 496 g/mol. The van der Waals surface area contributed by atoms with Gasteiger partial charge < -0.3 is 14.7 Å². The van der Waals surface area contributed by atoms with Crippen LogP contribution in [0.5, 0.6) is 5.75 Å². The first-order chi connectivity index (χ1) is 16.8. The Kier molecular flexibility index (Phi) is 7.11. The number of benzene rings is 2. The topological polar surface area (TPSA) is 53.0 Å². The van der Waals surface area contributed by atoms with E-state index in [1.165, 1.54) is 12.8 Å². The average Bonchev–Trinajstić information content (AvgIpc) is 3.64. The molecule has 6 heteroatoms. The summed E-state index contributed by atoms with van der Waals surface area (Å²) >= 11 is 6.24. The van der Waals surface area contributed by atoms with Gasteiger partial charge in [0.15, 0.2) is 0 Å². The molecule has 2 aromatic rings. The molecule has 0 aromatic heterocycles. The van der Waals surface area contributed by atoms with Crippen molar-refractivity contribution >= 4 is 17.5 Å². The number of hydrogen-bond acceptors (Lipinski definition) is 4. The van der Waals surface area contributed by atoms with Crippen LogP contribution in [0, 0.1) is 25.2 Å². The molecule has 2 aliphatic heterocycles. The predicted molar refractivity (Wildman–Crippen MR) is 138 cm³/mol. The number of carbonyl (C=O) groups excluding carboxylic acids is 1. The third-order valence-electron chi connectivity index (χ3n) is 7.88. The van der Waals surface area contributed by atoms with Gasteiger partial charge in [0.1, 0.15) is 5.75 Å². The van der Waals surface area contributed by atoms with Crippen molar-refractivity contribution in [2.75, 3.05) is 26.2 Å². The van der Waals surface area contributed by atoms with Crippen molar-refractivity contribution in [3.8, 4) is 5.75 Å². The first kappa shape index (κ1) is 24.6. The number of aryl methyl sites for hydroxylation is 2. The van der Waals surface area contributed by atoms with E-state index in [1.54, 1.807) is 0 Å². The largest absolute Gasteiger partial charge is 0.507 e. The van der Waals surface area contributed by atoms with Gasteiger partial charge in [-0.3, -0.25) is 9.69 Å². The average molecular weight is 497 g/mol. The first-order valence-electron chi connectivity index (χ1n) is 13.0. The Morgan fingerprint density at radius 3 is 2.77 bits per heavy atom. The molecule has 1 N–H and O–H groups in total. The lowest BCUT2D eigenvalue weighted by atomic mass is 9.72. The number of aromatic hydroxyl groups is 1. The second-order valence-corrected chi connectivity index (χ2v) is 11.5. The van der Waals surface area contributed by atoms with Crippen LogP contribution in [0.25, 0.3) is 0 Å². The van der Waals surface area contributed by atoms with E-state index in [1.807, 2.05) is 42.2 Å². The van der Waals surface area contributed by atoms with Crippen LogP contribution in [-0.4, -0.2) is 53.2 Å². The Morgan fingerprint density at radius 2 is 2.00 bits per heavy atom. The summed E-state index contributed by atoms with van der Waals surface area (Å²) < 4.78 is 6.40. The van der Waals surface area contributed by atoms with Crippen molar-refractivity contribution in [2.45, 2.75) is 65.1 Å². The fourth-order valence-corrected chi connectivity index (χ4v) is 6.24. The maximum atomic E-state index is 14.0. The summed E-state index contributed by atoms with van der Waals surface area (Å²) in [6.45, 7) is 8.31. The second-order valence-electron chi connectivity index (χ2n) is 11.1. The van der Waals surface area contributed by atoms with Crippen LogP contribution in [0.1, 0.15) is 54.4 Å². The van der Waals surface area contributed by atoms with Crippen LogP contribution in [0.4, 0.5) is 0 Å². The van der Waals surface area contributed by atoms with Crippen molar-refractivity contribution in [3.05, 3.63) is 63.7 Å². The van der Waals surface area contributed by atoms with Crippen LogP contribution in [-0.2, 0) is 22.6 Å². The van der Waals surface area contributed by atoms with Crippen molar-refractivity contribution in [1.82, 2.24) is 9.80 Å². The van der Waals surface area contributed by atoms with E-state index in [2.05, 4.69) is 17.9 Å². The number of hydrogen-bond donors (Lipinski definition) is 1. The van der Waals surface area contributed by atoms with Gasteiger partial charge in [0.25, 0.3) is 0 Å². The van der Waals surface area contributed by atoms with Crippen molar-refractivity contribution in [1.29, 1.82) is 0 Å². The summed E-state index contributed by atoms with van der Waals surface area (Å²) in [5.74, 6) is 1.30. The summed E-state index contributed by atoms with van der Waals surface area (Å²) in [6, 6.07) is 11.9. The van der Waals surface area contributed by atoms with Gasteiger partial charge in [-0.25, -0.2) is 0 Å². The van der Waals surface area contributed by atoms with E-state index >= 15 is 0 Å². The maximum Gasteiger partial charge on any atom is 0.230 e. The zero-order valence-electron chi connectivity index (χ0n) is 20.9. The SMILES string of the molecule is Cc1cc(C)c(O)c(CN2CCC[C@]3(C[C@H](OCC4CC4)CN(Cc4cccc(Cl)c4)C3=O)C2)c1. The van der Waals surface area contributed by atoms with E-state index in [4.69, 9.17) is 16.3 Å². The summed E-state index contributed by atoms with van der Waals surface area (Å²) in [7, 11) is 0. The lowest BCUT2D eigenvalue weighted by molar-refractivity contribution is -0.161. The lowest BCUT2D eigenvalue weighted by Crippen LogP contribution is -2.59. The molecule has 1 amide bonds. The minimum atomic E-state index is -0.447. The number of amides is 1. The summed E-state index contributed by atoms with van der Waals surface area (Å²) in [4.78, 5) is 18.4. The van der Waals surface area contributed by atoms with Crippen molar-refractivity contribution < 1.29 is 14.6 Å². The summed E-state index contributed by atoms with van der Waals surface area (Å²) in [5, 5.41) is 11.4. The van der Waals surface area contributed by atoms with Crippen LogP contribution >= 0.6 is 11.6 Å². The van der Waals surface area contributed by atoms with Gasteiger partial charge in [-0.2, -0.15) is 0 Å². The molecule has 3 fully saturated rings. The Labute approximate surface area is 214 Å². The molecular formula is C29H37ClN2O3. The smallest absolute Gasteiger partial charge is 0.230 e. The van der Waals surface area contributed by atoms with E-state index in [-0.39, 0.29) is 12.0 Å². The number of phenols is 1. The highest BCUT2D eigenvalue weighted by Gasteiger charge is 2.49. The van der Waals surface area contributed by atoms with Crippen molar-refractivity contribution in [2.24, 2.45) is 11.3 Å². The number of nitrogens with zero attached hydrogens (tertiary/aromatic N) is 2. The Morgan fingerprint density at radius 1 is 1.17 bits per heavy atom. The Hall–Kier alpha value is -2.08. The number of ether oxygens (including phenoxy) is 1. The molecule has 3 aliphatic rings. The van der Waals surface area contributed by atoms with E-state index in [9.17, 15) is 9.90 Å². The second kappa shape index (κ2) is 10.1. The molecule has 5 nitrogen and oxygen atoms in total. The third-order valence-corrected chi connectivity index (χ3v) is 8.12. The fraction of sp³-hybridized carbons (Fsp3) is 0.552. The van der Waals surface area contributed by atoms with Crippen molar-refractivity contribution in [3.63, 3.8) is 0 Å². The van der Waals surface area contributed by atoms with Gasteiger partial charge in [-0.1, -0.05) is 41.4 Å². The van der Waals surface area contributed by atoms with Crippen LogP contribution in [0.15, 0.2) is 36.4 Å². The number of piperidine rings is 2. The molecule has 2 aromatic carbocycles.